The molecule has 0 fully saturated rings. The first-order valence-electron chi connectivity index (χ1n) is 7.53. The minimum Gasteiger partial charge on any atom is -0.497 e. The van der Waals surface area contributed by atoms with Crippen LogP contribution in [0.5, 0.6) is 5.75 Å². The molecule has 3 nitrogen and oxygen atoms in total. The van der Waals surface area contributed by atoms with E-state index in [9.17, 15) is 0 Å². The molecule has 118 valence electrons. The van der Waals surface area contributed by atoms with Gasteiger partial charge in [0.2, 0.25) is 0 Å². The van der Waals surface area contributed by atoms with E-state index in [0.717, 1.165) is 29.8 Å². The van der Waals surface area contributed by atoms with Gasteiger partial charge >= 0.3 is 0 Å². The zero-order chi connectivity index (χ0) is 16.0. The molecule has 4 rings (SSSR count). The smallest absolute Gasteiger partial charge is 0.119 e. The van der Waals surface area contributed by atoms with Crippen molar-refractivity contribution in [1.29, 1.82) is 0 Å². The summed E-state index contributed by atoms with van der Waals surface area (Å²) in [5.74, 6) is 0.875. The third kappa shape index (κ3) is 2.59. The van der Waals surface area contributed by atoms with Crippen LogP contribution >= 0.6 is 23.2 Å². The Morgan fingerprint density at radius 3 is 2.61 bits per heavy atom. The zero-order valence-electron chi connectivity index (χ0n) is 12.6. The fraction of sp³-hybridized carbons (Fsp3) is 0.222. The topological polar surface area (TPSA) is 37.0 Å². The third-order valence-corrected chi connectivity index (χ3v) is 4.81. The molecule has 3 aromatic rings. The van der Waals surface area contributed by atoms with Crippen molar-refractivity contribution in [2.24, 2.45) is 0 Å². The van der Waals surface area contributed by atoms with E-state index in [0.29, 0.717) is 10.0 Å². The molecule has 0 aliphatic carbocycles. The van der Waals surface area contributed by atoms with Crippen molar-refractivity contribution in [3.63, 3.8) is 0 Å². The molecule has 0 radical (unpaired) electrons. The van der Waals surface area contributed by atoms with Crippen LogP contribution in [0.25, 0.3) is 10.9 Å². The van der Waals surface area contributed by atoms with E-state index in [1.54, 1.807) is 13.2 Å². The van der Waals surface area contributed by atoms with Gasteiger partial charge < -0.3 is 15.0 Å². The van der Waals surface area contributed by atoms with Crippen molar-refractivity contribution in [2.45, 2.75) is 12.5 Å². The van der Waals surface area contributed by atoms with E-state index < -0.39 is 0 Å². The molecule has 1 aliphatic heterocycles. The number of rotatable bonds is 2. The quantitative estimate of drug-likeness (QED) is 0.704. The maximum Gasteiger partial charge on any atom is 0.119 e. The van der Waals surface area contributed by atoms with Crippen LogP contribution in [0.2, 0.25) is 10.0 Å². The second-order valence-electron chi connectivity index (χ2n) is 5.77. The van der Waals surface area contributed by atoms with Gasteiger partial charge in [0.15, 0.2) is 0 Å². The molecule has 0 saturated heterocycles. The lowest BCUT2D eigenvalue weighted by atomic mass is 9.94. The van der Waals surface area contributed by atoms with Gasteiger partial charge in [-0.25, -0.2) is 0 Å². The molecular weight excluding hydrogens is 331 g/mol. The monoisotopic (exact) mass is 346 g/mol. The fourth-order valence-corrected chi connectivity index (χ4v) is 3.90. The van der Waals surface area contributed by atoms with Gasteiger partial charge in [-0.15, -0.1) is 0 Å². The van der Waals surface area contributed by atoms with Crippen molar-refractivity contribution in [2.75, 3.05) is 13.7 Å². The van der Waals surface area contributed by atoms with Crippen LogP contribution in [-0.4, -0.2) is 18.6 Å². The number of hydrogen-bond donors (Lipinski definition) is 2. The summed E-state index contributed by atoms with van der Waals surface area (Å²) in [5.41, 5.74) is 4.70. The van der Waals surface area contributed by atoms with Crippen LogP contribution < -0.4 is 10.1 Å². The highest BCUT2D eigenvalue weighted by Crippen LogP contribution is 2.36. The minimum absolute atomic E-state index is 0.0633. The number of nitrogens with one attached hydrogen (secondary N) is 2. The number of fused-ring (bicyclic) bond motifs is 3. The molecule has 1 aliphatic rings. The van der Waals surface area contributed by atoms with Gasteiger partial charge in [-0.2, -0.15) is 0 Å². The number of hydrogen-bond acceptors (Lipinski definition) is 2. The van der Waals surface area contributed by atoms with Crippen LogP contribution in [0, 0.1) is 0 Å². The maximum atomic E-state index is 6.18. The Labute approximate surface area is 144 Å². The third-order valence-electron chi connectivity index (χ3n) is 4.38. The van der Waals surface area contributed by atoms with E-state index in [1.165, 1.54) is 16.6 Å². The fourth-order valence-electron chi connectivity index (χ4n) is 3.36. The highest BCUT2D eigenvalue weighted by Gasteiger charge is 2.25. The molecule has 0 saturated carbocycles. The SMILES string of the molecule is COc1ccc2[nH]c3c(c2c1)CCNC3c1cc(Cl)cc(Cl)c1. The average Bonchev–Trinajstić information content (AvgIpc) is 2.91. The Hall–Kier alpha value is -1.68. The first-order chi connectivity index (χ1) is 11.2. The number of H-pyrrole nitrogens is 1. The predicted molar refractivity (Wildman–Crippen MR) is 94.9 cm³/mol. The minimum atomic E-state index is 0.0633. The number of methoxy groups -OCH3 is 1. The molecule has 2 heterocycles. The Kier molecular flexibility index (Phi) is 3.72. The molecule has 5 heteroatoms. The lowest BCUT2D eigenvalue weighted by Crippen LogP contribution is -2.30. The molecule has 0 amide bonds. The molecule has 1 atom stereocenters. The first kappa shape index (κ1) is 14.9. The van der Waals surface area contributed by atoms with Crippen molar-refractivity contribution in [3.05, 3.63) is 63.3 Å². The summed E-state index contributed by atoms with van der Waals surface area (Å²) in [7, 11) is 1.69. The van der Waals surface area contributed by atoms with Gasteiger partial charge in [0, 0.05) is 33.2 Å². The summed E-state index contributed by atoms with van der Waals surface area (Å²) in [6.45, 7) is 0.909. The second-order valence-corrected chi connectivity index (χ2v) is 6.64. The van der Waals surface area contributed by atoms with E-state index in [-0.39, 0.29) is 6.04 Å². The molecule has 23 heavy (non-hydrogen) atoms. The number of ether oxygens (including phenoxy) is 1. The van der Waals surface area contributed by atoms with E-state index in [4.69, 9.17) is 27.9 Å². The van der Waals surface area contributed by atoms with Crippen LogP contribution in [-0.2, 0) is 6.42 Å². The number of benzene rings is 2. The molecular formula is C18H16Cl2N2O. The van der Waals surface area contributed by atoms with Crippen LogP contribution in [0.3, 0.4) is 0 Å². The Bertz CT molecular complexity index is 868. The number of aromatic amines is 1. The molecule has 1 aromatic heterocycles. The zero-order valence-corrected chi connectivity index (χ0v) is 14.1. The highest BCUT2D eigenvalue weighted by molar-refractivity contribution is 6.34. The molecule has 0 spiro atoms. The van der Waals surface area contributed by atoms with Crippen molar-refractivity contribution in [3.8, 4) is 5.75 Å². The molecule has 1 unspecified atom stereocenters. The summed E-state index contributed by atoms with van der Waals surface area (Å²) >= 11 is 12.4. The van der Waals surface area contributed by atoms with Gasteiger partial charge in [0.05, 0.1) is 13.2 Å². The van der Waals surface area contributed by atoms with Crippen LogP contribution in [0.1, 0.15) is 22.9 Å². The molecule has 0 bridgehead atoms. The number of aromatic nitrogens is 1. The predicted octanol–water partition coefficient (Wildman–Crippen LogP) is 4.72. The van der Waals surface area contributed by atoms with Crippen molar-refractivity contribution >= 4 is 34.1 Å². The Morgan fingerprint density at radius 2 is 1.87 bits per heavy atom. The Balaban J connectivity index is 1.88. The first-order valence-corrected chi connectivity index (χ1v) is 8.29. The molecule has 2 aromatic carbocycles. The van der Waals surface area contributed by atoms with E-state index in [1.807, 2.05) is 18.2 Å². The van der Waals surface area contributed by atoms with Crippen molar-refractivity contribution in [1.82, 2.24) is 10.3 Å². The summed E-state index contributed by atoms with van der Waals surface area (Å²) in [6.07, 6.45) is 0.979. The second kappa shape index (κ2) is 5.75. The highest BCUT2D eigenvalue weighted by atomic mass is 35.5. The van der Waals surface area contributed by atoms with Gasteiger partial charge in [-0.1, -0.05) is 23.2 Å². The van der Waals surface area contributed by atoms with Gasteiger partial charge in [-0.05, 0) is 53.9 Å². The standard InChI is InChI=1S/C18H16Cl2N2O/c1-23-13-2-3-16-15(9-13)14-4-5-21-17(18(14)22-16)10-6-11(19)8-12(20)7-10/h2-3,6-9,17,21-22H,4-5H2,1H3. The van der Waals surface area contributed by atoms with Crippen LogP contribution in [0.15, 0.2) is 36.4 Å². The largest absolute Gasteiger partial charge is 0.497 e. The Morgan fingerprint density at radius 1 is 1.09 bits per heavy atom. The number of halogens is 2. The van der Waals surface area contributed by atoms with E-state index in [2.05, 4.69) is 22.4 Å². The summed E-state index contributed by atoms with van der Waals surface area (Å²) < 4.78 is 5.36. The maximum absolute atomic E-state index is 6.18. The normalized spacial score (nSPS) is 17.3. The molecule has 2 N–H and O–H groups in total. The summed E-state index contributed by atoms with van der Waals surface area (Å²) in [4.78, 5) is 3.55. The summed E-state index contributed by atoms with van der Waals surface area (Å²) in [6, 6.07) is 11.9. The average molecular weight is 347 g/mol. The van der Waals surface area contributed by atoms with E-state index >= 15 is 0 Å². The van der Waals surface area contributed by atoms with Crippen LogP contribution in [0.4, 0.5) is 0 Å². The van der Waals surface area contributed by atoms with Gasteiger partial charge in [0.25, 0.3) is 0 Å². The lowest BCUT2D eigenvalue weighted by Gasteiger charge is -2.25. The summed E-state index contributed by atoms with van der Waals surface area (Å²) in [5, 5.41) is 6.08. The van der Waals surface area contributed by atoms with Gasteiger partial charge in [-0.3, -0.25) is 0 Å². The van der Waals surface area contributed by atoms with Crippen molar-refractivity contribution < 1.29 is 4.74 Å². The lowest BCUT2D eigenvalue weighted by molar-refractivity contribution is 0.415. The van der Waals surface area contributed by atoms with Gasteiger partial charge in [0.1, 0.15) is 5.75 Å².